The van der Waals surface area contributed by atoms with Crippen molar-refractivity contribution in [1.82, 2.24) is 0 Å². The van der Waals surface area contributed by atoms with Crippen molar-refractivity contribution in [1.29, 1.82) is 0 Å². The third kappa shape index (κ3) is 1.47. The Labute approximate surface area is 132 Å². The molecule has 0 radical (unpaired) electrons. The van der Waals surface area contributed by atoms with Gasteiger partial charge in [-0.3, -0.25) is 0 Å². The van der Waals surface area contributed by atoms with E-state index in [2.05, 4.69) is 0 Å². The van der Waals surface area contributed by atoms with Crippen LogP contribution in [0.4, 0.5) is 0 Å². The Bertz CT molecular complexity index is 491. The fourth-order valence-corrected chi connectivity index (χ4v) is 4.64. The van der Waals surface area contributed by atoms with E-state index in [0.717, 1.165) is 0 Å². The molecule has 1 saturated heterocycles. The summed E-state index contributed by atoms with van der Waals surface area (Å²) in [6.07, 6.45) is 0. The number of methoxy groups -OCH3 is 2. The largest absolute Gasteiger partial charge is 0.467 e. The maximum atomic E-state index is 12.5. The normalized spacial score (nSPS) is 50.5. The summed E-state index contributed by atoms with van der Waals surface area (Å²) in [5.74, 6) is -1.25. The Balaban J connectivity index is 2.79. The predicted octanol–water partition coefficient (Wildman–Crippen LogP) is 1.49. The fraction of sp³-hybridized carbons (Fsp3) is 0.938. The zero-order valence-corrected chi connectivity index (χ0v) is 14.8. The smallest absolute Gasteiger partial charge is 0.338 e. The molecule has 22 heavy (non-hydrogen) atoms. The van der Waals surface area contributed by atoms with Crippen molar-refractivity contribution in [3.8, 4) is 0 Å². The SMILES string of the molecule is COC(=O)C1(O)C(C)C2(C)OCOC2(C)C(C)(OC)C1(C)C. The number of hydrogen-bond acceptors (Lipinski definition) is 6. The van der Waals surface area contributed by atoms with Crippen molar-refractivity contribution >= 4 is 5.97 Å². The lowest BCUT2D eigenvalue weighted by Crippen LogP contribution is -2.83. The van der Waals surface area contributed by atoms with Crippen LogP contribution in [0.1, 0.15) is 41.5 Å². The highest BCUT2D eigenvalue weighted by molar-refractivity contribution is 5.82. The van der Waals surface area contributed by atoms with Crippen molar-refractivity contribution in [2.24, 2.45) is 11.3 Å². The average molecular weight is 316 g/mol. The van der Waals surface area contributed by atoms with Crippen LogP contribution in [-0.4, -0.2) is 54.5 Å². The second kappa shape index (κ2) is 4.66. The quantitative estimate of drug-likeness (QED) is 0.778. The number of aliphatic hydroxyl groups is 1. The van der Waals surface area contributed by atoms with Gasteiger partial charge < -0.3 is 24.1 Å². The van der Waals surface area contributed by atoms with E-state index >= 15 is 0 Å². The number of esters is 1. The van der Waals surface area contributed by atoms with Gasteiger partial charge in [-0.25, -0.2) is 4.79 Å². The van der Waals surface area contributed by atoms with Crippen LogP contribution in [0.25, 0.3) is 0 Å². The van der Waals surface area contributed by atoms with Crippen molar-refractivity contribution < 1.29 is 28.8 Å². The first-order valence-corrected chi connectivity index (χ1v) is 7.54. The molecule has 128 valence electrons. The van der Waals surface area contributed by atoms with Crippen LogP contribution in [0, 0.1) is 11.3 Å². The summed E-state index contributed by atoms with van der Waals surface area (Å²) >= 11 is 0. The minimum Gasteiger partial charge on any atom is -0.467 e. The minimum atomic E-state index is -1.78. The Morgan fingerprint density at radius 3 is 2.14 bits per heavy atom. The molecule has 5 atom stereocenters. The highest BCUT2D eigenvalue weighted by Crippen LogP contribution is 2.65. The second-order valence-corrected chi connectivity index (χ2v) is 7.39. The van der Waals surface area contributed by atoms with Gasteiger partial charge in [0, 0.05) is 18.4 Å². The molecule has 1 heterocycles. The molecular formula is C16H28O6. The van der Waals surface area contributed by atoms with Gasteiger partial charge >= 0.3 is 5.97 Å². The summed E-state index contributed by atoms with van der Waals surface area (Å²) in [4.78, 5) is 12.5. The molecular weight excluding hydrogens is 288 g/mol. The molecule has 6 heteroatoms. The maximum Gasteiger partial charge on any atom is 0.338 e. The predicted molar refractivity (Wildman–Crippen MR) is 79.2 cm³/mol. The standard InChI is InChI=1S/C16H28O6/c1-10-13(4)15(6,22-9-21-13)14(5,20-8)12(2,3)16(10,18)11(17)19-7/h10,18H,9H2,1-8H3. The van der Waals surface area contributed by atoms with E-state index in [1.54, 1.807) is 27.9 Å². The summed E-state index contributed by atoms with van der Waals surface area (Å²) in [6.45, 7) is 11.1. The van der Waals surface area contributed by atoms with E-state index in [-0.39, 0.29) is 6.79 Å². The molecule has 1 aliphatic carbocycles. The minimum absolute atomic E-state index is 0.0869. The Kier molecular flexibility index (Phi) is 3.74. The van der Waals surface area contributed by atoms with Gasteiger partial charge in [0.25, 0.3) is 0 Å². The van der Waals surface area contributed by atoms with Crippen LogP contribution in [0.3, 0.4) is 0 Å². The van der Waals surface area contributed by atoms with E-state index in [0.29, 0.717) is 0 Å². The molecule has 1 N–H and O–H groups in total. The summed E-state index contributed by atoms with van der Waals surface area (Å²) in [7, 11) is 2.83. The van der Waals surface area contributed by atoms with Crippen LogP contribution in [0.15, 0.2) is 0 Å². The molecule has 1 saturated carbocycles. The van der Waals surface area contributed by atoms with E-state index in [1.807, 2.05) is 20.8 Å². The van der Waals surface area contributed by atoms with E-state index in [4.69, 9.17) is 18.9 Å². The monoisotopic (exact) mass is 316 g/mol. The Hall–Kier alpha value is -0.690. The first-order valence-electron chi connectivity index (χ1n) is 7.54. The van der Waals surface area contributed by atoms with Gasteiger partial charge in [0.1, 0.15) is 23.6 Å². The van der Waals surface area contributed by atoms with Crippen LogP contribution >= 0.6 is 0 Å². The molecule has 2 fully saturated rings. The van der Waals surface area contributed by atoms with Crippen LogP contribution in [0.5, 0.6) is 0 Å². The first kappa shape index (κ1) is 17.7. The van der Waals surface area contributed by atoms with Gasteiger partial charge in [-0.15, -0.1) is 0 Å². The number of carbonyl (C=O) groups excluding carboxylic acids is 1. The molecule has 0 aromatic heterocycles. The van der Waals surface area contributed by atoms with Crippen LogP contribution in [-0.2, 0) is 23.7 Å². The number of ether oxygens (including phenoxy) is 4. The van der Waals surface area contributed by atoms with Crippen molar-refractivity contribution in [2.75, 3.05) is 21.0 Å². The molecule has 1 aliphatic heterocycles. The van der Waals surface area contributed by atoms with Gasteiger partial charge in [0.2, 0.25) is 0 Å². The molecule has 0 aromatic rings. The highest BCUT2D eigenvalue weighted by atomic mass is 16.7. The Morgan fingerprint density at radius 2 is 1.68 bits per heavy atom. The molecule has 0 amide bonds. The van der Waals surface area contributed by atoms with Crippen molar-refractivity contribution in [2.45, 2.75) is 63.9 Å². The van der Waals surface area contributed by atoms with E-state index in [1.165, 1.54) is 7.11 Å². The average Bonchev–Trinajstić information content (AvgIpc) is 2.80. The summed E-state index contributed by atoms with van der Waals surface area (Å²) < 4.78 is 22.6. The van der Waals surface area contributed by atoms with Crippen molar-refractivity contribution in [3.05, 3.63) is 0 Å². The van der Waals surface area contributed by atoms with Gasteiger partial charge in [0.05, 0.1) is 7.11 Å². The summed E-state index contributed by atoms with van der Waals surface area (Å²) in [5, 5.41) is 11.4. The number of rotatable bonds is 2. The maximum absolute atomic E-state index is 12.5. The molecule has 2 aliphatic rings. The third-order valence-corrected chi connectivity index (χ3v) is 7.07. The Morgan fingerprint density at radius 1 is 1.14 bits per heavy atom. The molecule has 6 nitrogen and oxygen atoms in total. The summed E-state index contributed by atoms with van der Waals surface area (Å²) in [6, 6.07) is 0. The molecule has 0 aromatic carbocycles. The van der Waals surface area contributed by atoms with Gasteiger partial charge in [-0.1, -0.05) is 20.8 Å². The zero-order valence-electron chi connectivity index (χ0n) is 14.8. The third-order valence-electron chi connectivity index (χ3n) is 7.07. The molecule has 2 rings (SSSR count). The highest BCUT2D eigenvalue weighted by Gasteiger charge is 2.81. The molecule has 0 bridgehead atoms. The number of fused-ring (bicyclic) bond motifs is 1. The van der Waals surface area contributed by atoms with Gasteiger partial charge in [-0.2, -0.15) is 0 Å². The van der Waals surface area contributed by atoms with Crippen LogP contribution in [0.2, 0.25) is 0 Å². The van der Waals surface area contributed by atoms with E-state index < -0.39 is 39.7 Å². The van der Waals surface area contributed by atoms with Gasteiger partial charge in [0.15, 0.2) is 5.60 Å². The van der Waals surface area contributed by atoms with E-state index in [9.17, 15) is 9.90 Å². The lowest BCUT2D eigenvalue weighted by atomic mass is 9.44. The zero-order chi connectivity index (χ0) is 17.2. The second-order valence-electron chi connectivity index (χ2n) is 7.39. The van der Waals surface area contributed by atoms with Gasteiger partial charge in [-0.05, 0) is 20.8 Å². The summed E-state index contributed by atoms with van der Waals surface area (Å²) in [5.41, 5.74) is -5.49. The number of carbonyl (C=O) groups is 1. The van der Waals surface area contributed by atoms with Crippen molar-refractivity contribution in [3.63, 3.8) is 0 Å². The first-order chi connectivity index (χ1) is 9.90. The van der Waals surface area contributed by atoms with Crippen LogP contribution < -0.4 is 0 Å². The molecule has 0 spiro atoms. The topological polar surface area (TPSA) is 74.2 Å². The fourth-order valence-electron chi connectivity index (χ4n) is 4.64. The molecule has 5 unspecified atom stereocenters. The number of hydrogen-bond donors (Lipinski definition) is 1. The lowest BCUT2D eigenvalue weighted by molar-refractivity contribution is -0.330. The lowest BCUT2D eigenvalue weighted by Gasteiger charge is -2.67.